The summed E-state index contributed by atoms with van der Waals surface area (Å²) in [5.41, 5.74) is 2.48. The summed E-state index contributed by atoms with van der Waals surface area (Å²) in [5.74, 6) is 0.210. The second kappa shape index (κ2) is 8.27. The lowest BCUT2D eigenvalue weighted by Gasteiger charge is -2.34. The summed E-state index contributed by atoms with van der Waals surface area (Å²) in [6, 6.07) is 8.22. The van der Waals surface area contributed by atoms with Gasteiger partial charge in [0.15, 0.2) is 5.76 Å². The molecule has 1 amide bonds. The Morgan fingerprint density at radius 2 is 2.07 bits per heavy atom. The van der Waals surface area contributed by atoms with Crippen LogP contribution in [0, 0.1) is 13.8 Å². The number of halogens is 1. The van der Waals surface area contributed by atoms with Gasteiger partial charge in [-0.25, -0.2) is 0 Å². The summed E-state index contributed by atoms with van der Waals surface area (Å²) in [6.45, 7) is 6.59. The molecule has 1 atom stereocenters. The first kappa shape index (κ1) is 19.5. The fourth-order valence-corrected chi connectivity index (χ4v) is 4.97. The van der Waals surface area contributed by atoms with Crippen molar-refractivity contribution in [3.63, 3.8) is 0 Å². The van der Waals surface area contributed by atoms with Crippen LogP contribution >= 0.6 is 22.9 Å². The highest BCUT2D eigenvalue weighted by molar-refractivity contribution is 7.10. The molecule has 4 nitrogen and oxygen atoms in total. The summed E-state index contributed by atoms with van der Waals surface area (Å²) < 4.78 is 5.88. The zero-order valence-corrected chi connectivity index (χ0v) is 17.8. The van der Waals surface area contributed by atoms with E-state index in [0.717, 1.165) is 29.6 Å². The average molecular weight is 417 g/mol. The van der Waals surface area contributed by atoms with Gasteiger partial charge in [0, 0.05) is 27.4 Å². The molecule has 1 aliphatic heterocycles. The standard InChI is InChI=1S/C22H25ClN2O2S/c1-14-11-19-16(12-17(14)23)15(2)21(27-19)22(26)24-13-18(20-7-6-10-28-20)25-8-4-3-5-9-25/h6-7,10-12,18H,3-5,8-9,13H2,1-2H3,(H,24,26). The normalized spacial score (nSPS) is 16.4. The van der Waals surface area contributed by atoms with E-state index in [1.807, 2.05) is 26.0 Å². The summed E-state index contributed by atoms with van der Waals surface area (Å²) in [4.78, 5) is 16.7. The Morgan fingerprint density at radius 1 is 1.29 bits per heavy atom. The molecular formula is C22H25ClN2O2S. The second-order valence-corrected chi connectivity index (χ2v) is 8.88. The van der Waals surface area contributed by atoms with Crippen molar-refractivity contribution >= 4 is 39.8 Å². The van der Waals surface area contributed by atoms with Gasteiger partial charge in [0.1, 0.15) is 5.58 Å². The van der Waals surface area contributed by atoms with Gasteiger partial charge < -0.3 is 9.73 Å². The fraction of sp³-hybridized carbons (Fsp3) is 0.409. The number of furan rings is 1. The Bertz CT molecular complexity index is 974. The summed E-state index contributed by atoms with van der Waals surface area (Å²) >= 11 is 8.00. The molecule has 0 radical (unpaired) electrons. The van der Waals surface area contributed by atoms with Gasteiger partial charge in [-0.1, -0.05) is 24.1 Å². The SMILES string of the molecule is Cc1cc2oc(C(=O)NCC(c3cccs3)N3CCCCC3)c(C)c2cc1Cl. The molecule has 3 heterocycles. The van der Waals surface area contributed by atoms with Gasteiger partial charge in [-0.3, -0.25) is 9.69 Å². The van der Waals surface area contributed by atoms with E-state index in [4.69, 9.17) is 16.0 Å². The second-order valence-electron chi connectivity index (χ2n) is 7.49. The first-order valence-corrected chi connectivity index (χ1v) is 11.0. The van der Waals surface area contributed by atoms with Crippen molar-refractivity contribution in [1.82, 2.24) is 10.2 Å². The first-order valence-electron chi connectivity index (χ1n) is 9.79. The molecule has 1 N–H and O–H groups in total. The predicted octanol–water partition coefficient (Wildman–Crippen LogP) is 5.72. The van der Waals surface area contributed by atoms with E-state index >= 15 is 0 Å². The molecule has 1 aromatic carbocycles. The number of piperidine rings is 1. The van der Waals surface area contributed by atoms with Crippen molar-refractivity contribution in [2.45, 2.75) is 39.2 Å². The van der Waals surface area contributed by atoms with Crippen molar-refractivity contribution in [3.8, 4) is 0 Å². The smallest absolute Gasteiger partial charge is 0.287 e. The maximum atomic E-state index is 12.9. The number of carbonyl (C=O) groups is 1. The Morgan fingerprint density at radius 3 is 2.79 bits per heavy atom. The Kier molecular flexibility index (Phi) is 5.76. The van der Waals surface area contributed by atoms with E-state index in [0.29, 0.717) is 22.9 Å². The number of likely N-dealkylation sites (tertiary alicyclic amines) is 1. The number of aryl methyl sites for hydroxylation is 2. The van der Waals surface area contributed by atoms with Crippen molar-refractivity contribution in [2.75, 3.05) is 19.6 Å². The minimum atomic E-state index is -0.166. The van der Waals surface area contributed by atoms with Crippen LogP contribution in [-0.4, -0.2) is 30.4 Å². The third-order valence-corrected chi connectivity index (χ3v) is 6.96. The highest BCUT2D eigenvalue weighted by Crippen LogP contribution is 2.31. The molecule has 1 unspecified atom stereocenters. The first-order chi connectivity index (χ1) is 13.5. The highest BCUT2D eigenvalue weighted by Gasteiger charge is 2.25. The average Bonchev–Trinajstić information content (AvgIpc) is 3.33. The molecule has 0 bridgehead atoms. The zero-order chi connectivity index (χ0) is 19.7. The number of benzene rings is 1. The van der Waals surface area contributed by atoms with Gasteiger partial charge in [0.25, 0.3) is 5.91 Å². The summed E-state index contributed by atoms with van der Waals surface area (Å²) in [5, 5.41) is 6.80. The lowest BCUT2D eigenvalue weighted by Crippen LogP contribution is -2.40. The van der Waals surface area contributed by atoms with Crippen LogP contribution in [0.25, 0.3) is 11.0 Å². The monoisotopic (exact) mass is 416 g/mol. The number of rotatable bonds is 5. The molecule has 3 aromatic rings. The van der Waals surface area contributed by atoms with Gasteiger partial charge in [0.05, 0.1) is 6.04 Å². The number of nitrogens with zero attached hydrogens (tertiary/aromatic N) is 1. The van der Waals surface area contributed by atoms with Crippen LogP contribution in [0.3, 0.4) is 0 Å². The van der Waals surface area contributed by atoms with Crippen LogP contribution in [0.1, 0.15) is 51.9 Å². The lowest BCUT2D eigenvalue weighted by molar-refractivity contribution is 0.0899. The minimum absolute atomic E-state index is 0.166. The minimum Gasteiger partial charge on any atom is -0.451 e. The molecule has 1 aliphatic rings. The molecular weight excluding hydrogens is 392 g/mol. The van der Waals surface area contributed by atoms with Gasteiger partial charge >= 0.3 is 0 Å². The largest absolute Gasteiger partial charge is 0.451 e. The van der Waals surface area contributed by atoms with E-state index < -0.39 is 0 Å². The number of carbonyl (C=O) groups excluding carboxylic acids is 1. The Hall–Kier alpha value is -1.82. The maximum Gasteiger partial charge on any atom is 0.287 e. The number of hydrogen-bond acceptors (Lipinski definition) is 4. The van der Waals surface area contributed by atoms with Gasteiger partial charge in [0.2, 0.25) is 0 Å². The van der Waals surface area contributed by atoms with Gasteiger partial charge in [-0.15, -0.1) is 11.3 Å². The molecule has 2 aromatic heterocycles. The molecule has 4 rings (SSSR count). The molecule has 1 saturated heterocycles. The van der Waals surface area contributed by atoms with E-state index in [2.05, 4.69) is 27.7 Å². The Labute approximate surface area is 174 Å². The van der Waals surface area contributed by atoms with Crippen molar-refractivity contribution in [2.24, 2.45) is 0 Å². The number of amides is 1. The fourth-order valence-electron chi connectivity index (χ4n) is 3.95. The van der Waals surface area contributed by atoms with E-state index in [-0.39, 0.29) is 11.9 Å². The van der Waals surface area contributed by atoms with Crippen LogP contribution in [0.5, 0.6) is 0 Å². The molecule has 148 valence electrons. The van der Waals surface area contributed by atoms with E-state index in [1.54, 1.807) is 11.3 Å². The number of hydrogen-bond donors (Lipinski definition) is 1. The van der Waals surface area contributed by atoms with Crippen LogP contribution in [-0.2, 0) is 0 Å². The zero-order valence-electron chi connectivity index (χ0n) is 16.3. The van der Waals surface area contributed by atoms with Crippen LogP contribution < -0.4 is 5.32 Å². The molecule has 0 spiro atoms. The Balaban J connectivity index is 1.53. The number of nitrogens with one attached hydrogen (secondary N) is 1. The van der Waals surface area contributed by atoms with Crippen LogP contribution in [0.2, 0.25) is 5.02 Å². The van der Waals surface area contributed by atoms with Crippen LogP contribution in [0.15, 0.2) is 34.1 Å². The van der Waals surface area contributed by atoms with Crippen molar-refractivity contribution < 1.29 is 9.21 Å². The maximum absolute atomic E-state index is 12.9. The van der Waals surface area contributed by atoms with E-state index in [1.165, 1.54) is 24.1 Å². The van der Waals surface area contributed by atoms with Crippen molar-refractivity contribution in [1.29, 1.82) is 0 Å². The predicted molar refractivity (Wildman–Crippen MR) is 116 cm³/mol. The molecule has 1 fully saturated rings. The van der Waals surface area contributed by atoms with Crippen LogP contribution in [0.4, 0.5) is 0 Å². The third-order valence-electron chi connectivity index (χ3n) is 5.58. The third kappa shape index (κ3) is 3.84. The number of thiophene rings is 1. The molecule has 28 heavy (non-hydrogen) atoms. The summed E-state index contributed by atoms with van der Waals surface area (Å²) in [6.07, 6.45) is 3.73. The van der Waals surface area contributed by atoms with E-state index in [9.17, 15) is 4.79 Å². The highest BCUT2D eigenvalue weighted by atomic mass is 35.5. The number of fused-ring (bicyclic) bond motifs is 1. The lowest BCUT2D eigenvalue weighted by atomic mass is 10.1. The van der Waals surface area contributed by atoms with Gasteiger partial charge in [-0.2, -0.15) is 0 Å². The van der Waals surface area contributed by atoms with Crippen molar-refractivity contribution in [3.05, 3.63) is 56.4 Å². The topological polar surface area (TPSA) is 45.5 Å². The molecule has 0 saturated carbocycles. The summed E-state index contributed by atoms with van der Waals surface area (Å²) in [7, 11) is 0. The molecule has 0 aliphatic carbocycles. The molecule has 6 heteroatoms. The quantitative estimate of drug-likeness (QED) is 0.578. The van der Waals surface area contributed by atoms with Gasteiger partial charge in [-0.05, 0) is 68.9 Å².